The monoisotopic (exact) mass is 183 g/mol. The average molecular weight is 183 g/mol. The maximum Gasteiger partial charge on any atom is 0.249 e. The van der Waals surface area contributed by atoms with Crippen LogP contribution in [-0.4, -0.2) is 24.7 Å². The summed E-state index contributed by atoms with van der Waals surface area (Å²) in [6, 6.07) is 0.381. The van der Waals surface area contributed by atoms with E-state index in [1.165, 1.54) is 19.3 Å². The number of carbonyl (C=O) groups excluding carboxylic acids is 1. The lowest BCUT2D eigenvalue weighted by atomic mass is 9.85. The minimum Gasteiger partial charge on any atom is -0.368 e. The Morgan fingerprint density at radius 1 is 1.38 bits per heavy atom. The van der Waals surface area contributed by atoms with Crippen LogP contribution in [0.15, 0.2) is 0 Å². The van der Waals surface area contributed by atoms with Gasteiger partial charge in [0, 0.05) is 12.0 Å². The SMILES string of the molecule is C[C@H]1OC[C@@H]2CCCC[C@H]2NC1=O. The third-order valence-corrected chi connectivity index (χ3v) is 3.17. The second kappa shape index (κ2) is 3.66. The summed E-state index contributed by atoms with van der Waals surface area (Å²) < 4.78 is 5.47. The molecule has 74 valence electrons. The van der Waals surface area contributed by atoms with E-state index in [0.29, 0.717) is 12.0 Å². The van der Waals surface area contributed by atoms with Gasteiger partial charge in [0.25, 0.3) is 0 Å². The van der Waals surface area contributed by atoms with Crippen LogP contribution < -0.4 is 5.32 Å². The van der Waals surface area contributed by atoms with Crippen molar-refractivity contribution in [3.8, 4) is 0 Å². The molecule has 3 nitrogen and oxygen atoms in total. The van der Waals surface area contributed by atoms with Gasteiger partial charge in [-0.3, -0.25) is 4.79 Å². The summed E-state index contributed by atoms with van der Waals surface area (Å²) in [6.07, 6.45) is 4.61. The fourth-order valence-corrected chi connectivity index (χ4v) is 2.24. The molecule has 3 heteroatoms. The molecule has 2 fully saturated rings. The molecule has 1 aliphatic heterocycles. The Balaban J connectivity index is 2.04. The van der Waals surface area contributed by atoms with Crippen molar-refractivity contribution in [1.29, 1.82) is 0 Å². The Labute approximate surface area is 78.8 Å². The van der Waals surface area contributed by atoms with E-state index in [1.54, 1.807) is 0 Å². The number of hydrogen-bond acceptors (Lipinski definition) is 2. The van der Waals surface area contributed by atoms with Crippen molar-refractivity contribution in [2.24, 2.45) is 5.92 Å². The number of ether oxygens (including phenoxy) is 1. The van der Waals surface area contributed by atoms with Crippen LogP contribution in [0, 0.1) is 5.92 Å². The number of carbonyl (C=O) groups is 1. The van der Waals surface area contributed by atoms with E-state index in [9.17, 15) is 4.79 Å². The van der Waals surface area contributed by atoms with E-state index < -0.39 is 0 Å². The van der Waals surface area contributed by atoms with Gasteiger partial charge in [-0.2, -0.15) is 0 Å². The molecule has 13 heavy (non-hydrogen) atoms. The lowest BCUT2D eigenvalue weighted by molar-refractivity contribution is -0.130. The molecule has 1 amide bonds. The van der Waals surface area contributed by atoms with Gasteiger partial charge >= 0.3 is 0 Å². The highest BCUT2D eigenvalue weighted by molar-refractivity contribution is 5.80. The van der Waals surface area contributed by atoms with Crippen LogP contribution in [0.4, 0.5) is 0 Å². The van der Waals surface area contributed by atoms with Gasteiger partial charge in [-0.25, -0.2) is 0 Å². The maximum absolute atomic E-state index is 11.4. The fourth-order valence-electron chi connectivity index (χ4n) is 2.24. The zero-order chi connectivity index (χ0) is 9.26. The van der Waals surface area contributed by atoms with Crippen LogP contribution in [0.2, 0.25) is 0 Å². The van der Waals surface area contributed by atoms with Crippen molar-refractivity contribution in [3.05, 3.63) is 0 Å². The third-order valence-electron chi connectivity index (χ3n) is 3.17. The molecule has 3 atom stereocenters. The summed E-state index contributed by atoms with van der Waals surface area (Å²) in [5.41, 5.74) is 0. The zero-order valence-corrected chi connectivity index (χ0v) is 8.08. The first-order valence-electron chi connectivity index (χ1n) is 5.19. The lowest BCUT2D eigenvalue weighted by Gasteiger charge is -2.29. The number of rotatable bonds is 0. The first-order valence-corrected chi connectivity index (χ1v) is 5.19. The quantitative estimate of drug-likeness (QED) is 0.610. The van der Waals surface area contributed by atoms with Crippen molar-refractivity contribution in [2.75, 3.05) is 6.61 Å². The summed E-state index contributed by atoms with van der Waals surface area (Å²) in [4.78, 5) is 11.4. The largest absolute Gasteiger partial charge is 0.368 e. The van der Waals surface area contributed by atoms with Crippen LogP contribution in [0.25, 0.3) is 0 Å². The Hall–Kier alpha value is -0.570. The molecule has 0 aromatic heterocycles. The molecule has 1 saturated heterocycles. The highest BCUT2D eigenvalue weighted by Crippen LogP contribution is 2.26. The molecule has 0 bridgehead atoms. The maximum atomic E-state index is 11.4. The molecule has 1 N–H and O–H groups in total. The first kappa shape index (κ1) is 9.00. The molecule has 0 aromatic rings. The molecule has 0 spiro atoms. The Kier molecular flexibility index (Phi) is 2.54. The van der Waals surface area contributed by atoms with E-state index in [0.717, 1.165) is 13.0 Å². The van der Waals surface area contributed by atoms with Gasteiger partial charge in [-0.15, -0.1) is 0 Å². The van der Waals surface area contributed by atoms with Crippen LogP contribution in [0.3, 0.4) is 0 Å². The molecule has 0 unspecified atom stereocenters. The smallest absolute Gasteiger partial charge is 0.249 e. The predicted octanol–water partition coefficient (Wildman–Crippen LogP) is 1.08. The van der Waals surface area contributed by atoms with Gasteiger partial charge in [0.2, 0.25) is 5.91 Å². The molecule has 1 heterocycles. The van der Waals surface area contributed by atoms with Crippen molar-refractivity contribution in [2.45, 2.75) is 44.8 Å². The molecule has 0 aromatic carbocycles. The third kappa shape index (κ3) is 1.85. The minimum absolute atomic E-state index is 0.0643. The number of hydrogen-bond donors (Lipinski definition) is 1. The standard InChI is InChI=1S/C10H17NO2/c1-7-10(12)11-9-5-3-2-4-8(9)6-13-7/h7-9H,2-6H2,1H3,(H,11,12)/t7-,8+,9-/m1/s1. The summed E-state index contributed by atoms with van der Waals surface area (Å²) in [7, 11) is 0. The van der Waals surface area contributed by atoms with Crippen LogP contribution >= 0.6 is 0 Å². The highest BCUT2D eigenvalue weighted by atomic mass is 16.5. The highest BCUT2D eigenvalue weighted by Gasteiger charge is 2.31. The fraction of sp³-hybridized carbons (Fsp3) is 0.900. The zero-order valence-electron chi connectivity index (χ0n) is 8.08. The Morgan fingerprint density at radius 2 is 2.15 bits per heavy atom. The van der Waals surface area contributed by atoms with E-state index in [-0.39, 0.29) is 12.0 Å². The van der Waals surface area contributed by atoms with Gasteiger partial charge in [0.1, 0.15) is 6.10 Å². The van der Waals surface area contributed by atoms with E-state index in [4.69, 9.17) is 4.74 Å². The van der Waals surface area contributed by atoms with Crippen LogP contribution in [0.5, 0.6) is 0 Å². The Bertz CT molecular complexity index is 205. The predicted molar refractivity (Wildman–Crippen MR) is 49.3 cm³/mol. The van der Waals surface area contributed by atoms with Gasteiger partial charge < -0.3 is 10.1 Å². The summed E-state index contributed by atoms with van der Waals surface area (Å²) in [6.45, 7) is 2.58. The molecular formula is C10H17NO2. The lowest BCUT2D eigenvalue weighted by Crippen LogP contribution is -2.42. The van der Waals surface area contributed by atoms with E-state index in [1.807, 2.05) is 6.92 Å². The number of amides is 1. The van der Waals surface area contributed by atoms with Crippen LogP contribution in [0.1, 0.15) is 32.6 Å². The van der Waals surface area contributed by atoms with Crippen molar-refractivity contribution in [3.63, 3.8) is 0 Å². The number of fused-ring (bicyclic) bond motifs is 1. The summed E-state index contributed by atoms with van der Waals surface area (Å²) >= 11 is 0. The summed E-state index contributed by atoms with van der Waals surface area (Å²) in [5, 5.41) is 3.07. The second-order valence-corrected chi connectivity index (χ2v) is 4.14. The van der Waals surface area contributed by atoms with E-state index >= 15 is 0 Å². The van der Waals surface area contributed by atoms with E-state index in [2.05, 4.69) is 5.32 Å². The normalized spacial score (nSPS) is 40.4. The van der Waals surface area contributed by atoms with Crippen molar-refractivity contribution >= 4 is 5.91 Å². The Morgan fingerprint density at radius 3 is 3.00 bits per heavy atom. The van der Waals surface area contributed by atoms with Gasteiger partial charge in [0.15, 0.2) is 0 Å². The molecule has 2 rings (SSSR count). The van der Waals surface area contributed by atoms with Crippen molar-refractivity contribution in [1.82, 2.24) is 5.32 Å². The van der Waals surface area contributed by atoms with Crippen molar-refractivity contribution < 1.29 is 9.53 Å². The topological polar surface area (TPSA) is 38.3 Å². The molecular weight excluding hydrogens is 166 g/mol. The van der Waals surface area contributed by atoms with Gasteiger partial charge in [-0.05, 0) is 19.8 Å². The summed E-state index contributed by atoms with van der Waals surface area (Å²) in [5.74, 6) is 0.622. The van der Waals surface area contributed by atoms with Gasteiger partial charge in [-0.1, -0.05) is 12.8 Å². The molecule has 1 saturated carbocycles. The second-order valence-electron chi connectivity index (χ2n) is 4.14. The average Bonchev–Trinajstić information content (AvgIpc) is 2.28. The van der Waals surface area contributed by atoms with Crippen LogP contribution in [-0.2, 0) is 9.53 Å². The molecule has 2 aliphatic rings. The molecule has 0 radical (unpaired) electrons. The minimum atomic E-state index is -0.259. The number of nitrogens with one attached hydrogen (secondary N) is 1. The first-order chi connectivity index (χ1) is 6.27. The molecule has 1 aliphatic carbocycles. The van der Waals surface area contributed by atoms with Gasteiger partial charge in [0.05, 0.1) is 6.61 Å².